The molecule has 0 spiro atoms. The van der Waals surface area contributed by atoms with Crippen LogP contribution in [0, 0.1) is 11.3 Å². The lowest BCUT2D eigenvalue weighted by Crippen LogP contribution is -2.46. The maximum atomic E-state index is 6.67. The van der Waals surface area contributed by atoms with Gasteiger partial charge in [0, 0.05) is 5.54 Å². The second-order valence-electron chi connectivity index (χ2n) is 7.65. The third kappa shape index (κ3) is 4.23. The zero-order valence-electron chi connectivity index (χ0n) is 13.7. The van der Waals surface area contributed by atoms with Crippen LogP contribution in [0.3, 0.4) is 0 Å². The van der Waals surface area contributed by atoms with Gasteiger partial charge in [0.05, 0.1) is 11.6 Å². The first-order valence-electron chi connectivity index (χ1n) is 7.85. The minimum Gasteiger partial charge on any atom is -0.496 e. The molecular weight excluding hydrogens is 326 g/mol. The first kappa shape index (κ1) is 16.8. The van der Waals surface area contributed by atoms with E-state index in [1.165, 1.54) is 18.4 Å². The molecule has 1 aliphatic rings. The fraction of sp³-hybridized carbons (Fsp3) is 0.667. The van der Waals surface area contributed by atoms with Crippen molar-refractivity contribution in [3.8, 4) is 5.75 Å². The van der Waals surface area contributed by atoms with Gasteiger partial charge >= 0.3 is 0 Å². The molecule has 0 saturated heterocycles. The van der Waals surface area contributed by atoms with Crippen molar-refractivity contribution in [1.82, 2.24) is 0 Å². The third-order valence-electron chi connectivity index (χ3n) is 4.98. The van der Waals surface area contributed by atoms with Crippen LogP contribution in [0.2, 0.25) is 0 Å². The molecule has 0 heterocycles. The van der Waals surface area contributed by atoms with Gasteiger partial charge < -0.3 is 10.5 Å². The topological polar surface area (TPSA) is 35.2 Å². The number of halogens is 1. The first-order chi connectivity index (χ1) is 9.73. The zero-order chi connectivity index (χ0) is 15.7. The SMILES string of the molecule is COc1ccc(CC2(N)CCC(C(C)(C)C)CC2)cc1Br. The molecule has 21 heavy (non-hydrogen) atoms. The summed E-state index contributed by atoms with van der Waals surface area (Å²) in [5, 5.41) is 0. The van der Waals surface area contributed by atoms with Crippen molar-refractivity contribution in [2.75, 3.05) is 7.11 Å². The normalized spacial score (nSPS) is 26.7. The van der Waals surface area contributed by atoms with Crippen LogP contribution >= 0.6 is 15.9 Å². The molecule has 2 nitrogen and oxygen atoms in total. The summed E-state index contributed by atoms with van der Waals surface area (Å²) >= 11 is 3.56. The van der Waals surface area contributed by atoms with E-state index in [-0.39, 0.29) is 5.54 Å². The van der Waals surface area contributed by atoms with Crippen LogP contribution in [0.1, 0.15) is 52.0 Å². The van der Waals surface area contributed by atoms with Crippen LogP contribution in [0.25, 0.3) is 0 Å². The molecule has 0 radical (unpaired) electrons. The fourth-order valence-corrected chi connectivity index (χ4v) is 4.05. The Labute approximate surface area is 137 Å². The van der Waals surface area contributed by atoms with E-state index in [1.54, 1.807) is 7.11 Å². The highest BCUT2D eigenvalue weighted by Crippen LogP contribution is 2.41. The largest absolute Gasteiger partial charge is 0.496 e. The Morgan fingerprint density at radius 2 is 1.90 bits per heavy atom. The summed E-state index contributed by atoms with van der Waals surface area (Å²) < 4.78 is 6.30. The molecule has 0 aliphatic heterocycles. The number of nitrogens with two attached hydrogens (primary N) is 1. The van der Waals surface area contributed by atoms with Gasteiger partial charge in [-0.15, -0.1) is 0 Å². The average molecular weight is 354 g/mol. The van der Waals surface area contributed by atoms with Gasteiger partial charge in [-0.1, -0.05) is 26.8 Å². The molecule has 0 amide bonds. The maximum Gasteiger partial charge on any atom is 0.133 e. The summed E-state index contributed by atoms with van der Waals surface area (Å²) in [6.45, 7) is 7.05. The molecule has 2 N–H and O–H groups in total. The lowest BCUT2D eigenvalue weighted by molar-refractivity contribution is 0.134. The Hall–Kier alpha value is -0.540. The summed E-state index contributed by atoms with van der Waals surface area (Å²) in [6.07, 6.45) is 5.69. The monoisotopic (exact) mass is 353 g/mol. The van der Waals surface area contributed by atoms with Crippen LogP contribution in [-0.2, 0) is 6.42 Å². The van der Waals surface area contributed by atoms with Crippen LogP contribution in [0.4, 0.5) is 0 Å². The average Bonchev–Trinajstić information content (AvgIpc) is 2.38. The van der Waals surface area contributed by atoms with E-state index >= 15 is 0 Å². The van der Waals surface area contributed by atoms with Crippen molar-refractivity contribution in [3.05, 3.63) is 28.2 Å². The van der Waals surface area contributed by atoms with Crippen LogP contribution in [0.15, 0.2) is 22.7 Å². The van der Waals surface area contributed by atoms with Crippen molar-refractivity contribution >= 4 is 15.9 Å². The molecule has 1 saturated carbocycles. The van der Waals surface area contributed by atoms with E-state index in [0.717, 1.165) is 35.4 Å². The molecule has 1 aromatic carbocycles. The van der Waals surface area contributed by atoms with Crippen LogP contribution < -0.4 is 10.5 Å². The minimum atomic E-state index is -0.0459. The summed E-state index contributed by atoms with van der Waals surface area (Å²) in [7, 11) is 1.69. The number of rotatable bonds is 3. The summed E-state index contributed by atoms with van der Waals surface area (Å²) in [4.78, 5) is 0. The lowest BCUT2D eigenvalue weighted by Gasteiger charge is -2.42. The number of methoxy groups -OCH3 is 1. The molecular formula is C18H28BrNO. The molecule has 1 aromatic rings. The molecule has 0 bridgehead atoms. The Morgan fingerprint density at radius 3 is 2.38 bits per heavy atom. The lowest BCUT2D eigenvalue weighted by atomic mass is 9.66. The van der Waals surface area contributed by atoms with E-state index in [2.05, 4.69) is 48.8 Å². The first-order valence-corrected chi connectivity index (χ1v) is 8.64. The van der Waals surface area contributed by atoms with Gasteiger partial charge in [0.2, 0.25) is 0 Å². The molecule has 1 aliphatic carbocycles. The number of ether oxygens (including phenoxy) is 1. The Bertz CT molecular complexity index is 484. The van der Waals surface area contributed by atoms with Crippen molar-refractivity contribution in [2.45, 2.75) is 58.4 Å². The van der Waals surface area contributed by atoms with E-state index < -0.39 is 0 Å². The number of hydrogen-bond donors (Lipinski definition) is 1. The molecule has 2 rings (SSSR count). The summed E-state index contributed by atoms with van der Waals surface area (Å²) in [6, 6.07) is 6.29. The van der Waals surface area contributed by atoms with Gasteiger partial charge in [0.15, 0.2) is 0 Å². The predicted octanol–water partition coefficient (Wildman–Crippen LogP) is 4.93. The highest BCUT2D eigenvalue weighted by atomic mass is 79.9. The van der Waals surface area contributed by atoms with Crippen molar-refractivity contribution in [3.63, 3.8) is 0 Å². The molecule has 0 aromatic heterocycles. The summed E-state index contributed by atoms with van der Waals surface area (Å²) in [5.74, 6) is 1.68. The van der Waals surface area contributed by atoms with E-state index in [1.807, 2.05) is 6.07 Å². The Kier molecular flexibility index (Phi) is 5.04. The maximum absolute atomic E-state index is 6.67. The van der Waals surface area contributed by atoms with Gasteiger partial charge in [-0.05, 0) is 77.1 Å². The van der Waals surface area contributed by atoms with Crippen molar-refractivity contribution < 1.29 is 4.74 Å². The molecule has 118 valence electrons. The van der Waals surface area contributed by atoms with Crippen LogP contribution in [0.5, 0.6) is 5.75 Å². The molecule has 3 heteroatoms. The standard InChI is InChI=1S/C18H28BrNO/c1-17(2,3)14-7-9-18(20,10-8-14)12-13-5-6-16(21-4)15(19)11-13/h5-6,11,14H,7-10,12,20H2,1-4H3. The van der Waals surface area contributed by atoms with Crippen molar-refractivity contribution in [2.24, 2.45) is 17.1 Å². The molecule has 0 unspecified atom stereocenters. The Morgan fingerprint density at radius 1 is 1.29 bits per heavy atom. The number of hydrogen-bond acceptors (Lipinski definition) is 2. The van der Waals surface area contributed by atoms with E-state index in [9.17, 15) is 0 Å². The smallest absolute Gasteiger partial charge is 0.133 e. The fourth-order valence-electron chi connectivity index (χ4n) is 3.46. The van der Waals surface area contributed by atoms with Gasteiger partial charge in [-0.3, -0.25) is 0 Å². The number of benzene rings is 1. The van der Waals surface area contributed by atoms with Gasteiger partial charge in [-0.25, -0.2) is 0 Å². The highest BCUT2D eigenvalue weighted by Gasteiger charge is 2.36. The Balaban J connectivity index is 2.02. The quantitative estimate of drug-likeness (QED) is 0.835. The van der Waals surface area contributed by atoms with Gasteiger partial charge in [0.1, 0.15) is 5.75 Å². The highest BCUT2D eigenvalue weighted by molar-refractivity contribution is 9.10. The van der Waals surface area contributed by atoms with E-state index in [0.29, 0.717) is 5.41 Å². The zero-order valence-corrected chi connectivity index (χ0v) is 15.3. The van der Waals surface area contributed by atoms with Crippen LogP contribution in [-0.4, -0.2) is 12.6 Å². The van der Waals surface area contributed by atoms with Gasteiger partial charge in [0.25, 0.3) is 0 Å². The van der Waals surface area contributed by atoms with Gasteiger partial charge in [-0.2, -0.15) is 0 Å². The second-order valence-corrected chi connectivity index (χ2v) is 8.50. The van der Waals surface area contributed by atoms with Crippen molar-refractivity contribution in [1.29, 1.82) is 0 Å². The molecule has 1 fully saturated rings. The summed E-state index contributed by atoms with van der Waals surface area (Å²) in [5.41, 5.74) is 8.32. The predicted molar refractivity (Wildman–Crippen MR) is 92.7 cm³/mol. The third-order valence-corrected chi connectivity index (χ3v) is 5.60. The minimum absolute atomic E-state index is 0.0459. The molecule has 0 atom stereocenters. The van der Waals surface area contributed by atoms with E-state index in [4.69, 9.17) is 10.5 Å². The second kappa shape index (κ2) is 6.29.